The normalized spacial score (nSPS) is 14.6. The molecule has 4 rings (SSSR count). The number of hydrogen-bond donors (Lipinski definition) is 1. The van der Waals surface area contributed by atoms with Crippen LogP contribution in [0.3, 0.4) is 0 Å². The molecule has 1 aliphatic rings. The number of benzene rings is 2. The topological polar surface area (TPSA) is 24.9 Å². The summed E-state index contributed by atoms with van der Waals surface area (Å²) in [4.78, 5) is 4.48. The molecular formula is C28H27ClN2. The van der Waals surface area contributed by atoms with Crippen LogP contribution >= 0.6 is 11.6 Å². The molecule has 3 heteroatoms. The zero-order valence-corrected chi connectivity index (χ0v) is 18.8. The number of halogens is 1. The Balaban J connectivity index is 1.38. The van der Waals surface area contributed by atoms with Gasteiger partial charge in [-0.05, 0) is 92.1 Å². The Bertz CT molecular complexity index is 1100. The maximum atomic E-state index is 5.96. The molecule has 0 aliphatic heterocycles. The summed E-state index contributed by atoms with van der Waals surface area (Å²) in [7, 11) is 0. The van der Waals surface area contributed by atoms with E-state index in [1.54, 1.807) is 0 Å². The van der Waals surface area contributed by atoms with Gasteiger partial charge in [0.15, 0.2) is 0 Å². The molecule has 0 spiro atoms. The van der Waals surface area contributed by atoms with Gasteiger partial charge < -0.3 is 5.32 Å². The van der Waals surface area contributed by atoms with Gasteiger partial charge in [-0.3, -0.25) is 0 Å². The van der Waals surface area contributed by atoms with E-state index in [0.29, 0.717) is 6.04 Å². The van der Waals surface area contributed by atoms with E-state index in [0.717, 1.165) is 39.9 Å². The highest BCUT2D eigenvalue weighted by atomic mass is 35.5. The van der Waals surface area contributed by atoms with Gasteiger partial charge in [-0.25, -0.2) is 4.98 Å². The fourth-order valence-corrected chi connectivity index (χ4v) is 3.56. The third kappa shape index (κ3) is 6.31. The van der Waals surface area contributed by atoms with E-state index in [4.69, 9.17) is 11.6 Å². The molecule has 1 N–H and O–H groups in total. The number of pyridine rings is 1. The summed E-state index contributed by atoms with van der Waals surface area (Å²) in [6.45, 7) is 5.52. The molecular weight excluding hydrogens is 400 g/mol. The van der Waals surface area contributed by atoms with Crippen LogP contribution in [0.25, 0.3) is 16.7 Å². The first-order valence-electron chi connectivity index (χ1n) is 10.8. The zero-order chi connectivity index (χ0) is 21.6. The number of aromatic nitrogens is 1. The van der Waals surface area contributed by atoms with Crippen molar-refractivity contribution in [1.29, 1.82) is 0 Å². The second-order valence-electron chi connectivity index (χ2n) is 8.26. The van der Waals surface area contributed by atoms with Gasteiger partial charge in [-0.15, -0.1) is 0 Å². The number of nitrogens with zero attached hydrogens (tertiary/aromatic N) is 1. The van der Waals surface area contributed by atoms with Gasteiger partial charge in [0.1, 0.15) is 5.69 Å². The SMILES string of the molecule is CC(=C[C@H](C)NCC1CC1)c1ccc(C#Cc2ccc(-c3ccc(Cl)cc3)cn2)cc1. The van der Waals surface area contributed by atoms with Gasteiger partial charge in [0.2, 0.25) is 0 Å². The molecule has 1 aromatic heterocycles. The Hall–Kier alpha value is -2.86. The third-order valence-corrected chi connectivity index (χ3v) is 5.79. The number of rotatable bonds is 6. The second kappa shape index (κ2) is 9.96. The van der Waals surface area contributed by atoms with Gasteiger partial charge >= 0.3 is 0 Å². The molecule has 0 bridgehead atoms. The Labute approximate surface area is 190 Å². The summed E-state index contributed by atoms with van der Waals surface area (Å²) < 4.78 is 0. The van der Waals surface area contributed by atoms with Crippen LogP contribution in [-0.2, 0) is 0 Å². The third-order valence-electron chi connectivity index (χ3n) is 5.54. The van der Waals surface area contributed by atoms with Crippen molar-refractivity contribution < 1.29 is 0 Å². The molecule has 3 aromatic rings. The summed E-state index contributed by atoms with van der Waals surface area (Å²) in [6.07, 6.45) is 6.91. The molecule has 156 valence electrons. The first kappa shape index (κ1) is 21.4. The van der Waals surface area contributed by atoms with Crippen LogP contribution < -0.4 is 5.32 Å². The van der Waals surface area contributed by atoms with Crippen LogP contribution in [0.15, 0.2) is 72.9 Å². The molecule has 0 radical (unpaired) electrons. The molecule has 2 nitrogen and oxygen atoms in total. The van der Waals surface area contributed by atoms with E-state index < -0.39 is 0 Å². The van der Waals surface area contributed by atoms with Gasteiger partial charge in [0.05, 0.1) is 0 Å². The predicted molar refractivity (Wildman–Crippen MR) is 131 cm³/mol. The Kier molecular flexibility index (Phi) is 6.87. The lowest BCUT2D eigenvalue weighted by molar-refractivity contribution is 0.596. The van der Waals surface area contributed by atoms with Crippen LogP contribution in [0.2, 0.25) is 5.02 Å². The minimum Gasteiger partial charge on any atom is -0.311 e. The van der Waals surface area contributed by atoms with Crippen molar-refractivity contribution in [2.24, 2.45) is 5.92 Å². The lowest BCUT2D eigenvalue weighted by atomic mass is 10.0. The molecule has 1 heterocycles. The van der Waals surface area contributed by atoms with Crippen molar-refractivity contribution >= 4 is 17.2 Å². The fourth-order valence-electron chi connectivity index (χ4n) is 3.44. The maximum absolute atomic E-state index is 5.96. The van der Waals surface area contributed by atoms with E-state index in [9.17, 15) is 0 Å². The summed E-state index contributed by atoms with van der Waals surface area (Å²) in [6, 6.07) is 20.6. The van der Waals surface area contributed by atoms with E-state index in [2.05, 4.69) is 66.3 Å². The fraction of sp³-hybridized carbons (Fsp3) is 0.250. The molecule has 2 aromatic carbocycles. The number of hydrogen-bond acceptors (Lipinski definition) is 2. The van der Waals surface area contributed by atoms with E-state index >= 15 is 0 Å². The van der Waals surface area contributed by atoms with E-state index in [1.165, 1.54) is 24.0 Å². The summed E-state index contributed by atoms with van der Waals surface area (Å²) >= 11 is 5.96. The first-order chi connectivity index (χ1) is 15.1. The van der Waals surface area contributed by atoms with Gasteiger partial charge in [-0.2, -0.15) is 0 Å². The molecule has 0 saturated heterocycles. The van der Waals surface area contributed by atoms with E-state index in [1.807, 2.05) is 42.6 Å². The molecule has 31 heavy (non-hydrogen) atoms. The van der Waals surface area contributed by atoms with E-state index in [-0.39, 0.29) is 0 Å². The highest BCUT2D eigenvalue weighted by Crippen LogP contribution is 2.27. The number of nitrogens with one attached hydrogen (secondary N) is 1. The quantitative estimate of drug-likeness (QED) is 0.449. The Morgan fingerprint density at radius 1 is 1.03 bits per heavy atom. The molecule has 0 amide bonds. The Morgan fingerprint density at radius 3 is 2.39 bits per heavy atom. The predicted octanol–water partition coefficient (Wildman–Crippen LogP) is 6.59. The molecule has 1 aliphatic carbocycles. The van der Waals surface area contributed by atoms with Crippen molar-refractivity contribution in [1.82, 2.24) is 10.3 Å². The molecule has 1 atom stereocenters. The molecule has 1 saturated carbocycles. The molecule has 1 fully saturated rings. The van der Waals surface area contributed by atoms with Crippen LogP contribution in [-0.4, -0.2) is 17.6 Å². The average molecular weight is 427 g/mol. The van der Waals surface area contributed by atoms with Crippen LogP contribution in [0.4, 0.5) is 0 Å². The summed E-state index contributed by atoms with van der Waals surface area (Å²) in [5.74, 6) is 7.27. The molecule has 0 unspecified atom stereocenters. The zero-order valence-electron chi connectivity index (χ0n) is 18.0. The lowest BCUT2D eigenvalue weighted by Gasteiger charge is -2.11. The lowest BCUT2D eigenvalue weighted by Crippen LogP contribution is -2.26. The highest BCUT2D eigenvalue weighted by molar-refractivity contribution is 6.30. The van der Waals surface area contributed by atoms with Crippen LogP contribution in [0, 0.1) is 17.8 Å². The van der Waals surface area contributed by atoms with Crippen molar-refractivity contribution in [3.05, 3.63) is 94.8 Å². The average Bonchev–Trinajstić information content (AvgIpc) is 3.62. The van der Waals surface area contributed by atoms with Crippen molar-refractivity contribution in [3.8, 4) is 23.0 Å². The first-order valence-corrected chi connectivity index (χ1v) is 11.2. The monoisotopic (exact) mass is 426 g/mol. The van der Waals surface area contributed by atoms with Crippen molar-refractivity contribution in [2.75, 3.05) is 6.54 Å². The van der Waals surface area contributed by atoms with Crippen molar-refractivity contribution in [2.45, 2.75) is 32.7 Å². The van der Waals surface area contributed by atoms with Crippen molar-refractivity contribution in [3.63, 3.8) is 0 Å². The summed E-state index contributed by atoms with van der Waals surface area (Å²) in [5.41, 5.74) is 6.40. The standard InChI is InChI=1S/C28H27ClN2/c1-20(17-21(2)30-18-23-3-4-23)24-8-5-22(6-9-24)7-15-28-16-12-26(19-31-28)25-10-13-27(29)14-11-25/h5-6,8-14,16-17,19,21,23,30H,3-4,18H2,1-2H3/t21-/m0/s1. The maximum Gasteiger partial charge on any atom is 0.113 e. The van der Waals surface area contributed by atoms with Gasteiger partial charge in [0.25, 0.3) is 0 Å². The van der Waals surface area contributed by atoms with Gasteiger partial charge in [0, 0.05) is 28.4 Å². The smallest absolute Gasteiger partial charge is 0.113 e. The minimum atomic E-state index is 0.391. The van der Waals surface area contributed by atoms with Crippen LogP contribution in [0.1, 0.15) is 43.5 Å². The Morgan fingerprint density at radius 2 is 1.74 bits per heavy atom. The minimum absolute atomic E-state index is 0.391. The largest absolute Gasteiger partial charge is 0.311 e. The van der Waals surface area contributed by atoms with Gasteiger partial charge in [-0.1, -0.05) is 53.9 Å². The number of allylic oxidation sites excluding steroid dienone is 1. The summed E-state index contributed by atoms with van der Waals surface area (Å²) in [5, 5.41) is 4.33. The highest BCUT2D eigenvalue weighted by Gasteiger charge is 2.20. The van der Waals surface area contributed by atoms with Crippen LogP contribution in [0.5, 0.6) is 0 Å². The second-order valence-corrected chi connectivity index (χ2v) is 8.69.